The third-order valence-corrected chi connectivity index (χ3v) is 2.18. The molecule has 0 saturated heterocycles. The molecule has 13 heavy (non-hydrogen) atoms. The Labute approximate surface area is 103 Å². The Hall–Kier alpha value is -0.0500. The number of rotatable bonds is 3. The monoisotopic (exact) mass is 404 g/mol. The maximum atomic E-state index is 10.5. The van der Waals surface area contributed by atoms with E-state index in [2.05, 4.69) is 0 Å². The molecule has 0 aliphatic rings. The van der Waals surface area contributed by atoms with E-state index in [0.717, 1.165) is 0 Å². The highest BCUT2D eigenvalue weighted by Crippen LogP contribution is 2.29. The maximum absolute atomic E-state index is 10.5. The van der Waals surface area contributed by atoms with Crippen molar-refractivity contribution in [1.82, 2.24) is 0 Å². The molecule has 0 aromatic heterocycles. The topological polar surface area (TPSA) is 46.5 Å². The fourth-order valence-corrected chi connectivity index (χ4v) is 1.20. The lowest BCUT2D eigenvalue weighted by atomic mass is 10.3. The summed E-state index contributed by atoms with van der Waals surface area (Å²) in [6.45, 7) is 0. The molecule has 0 spiro atoms. The van der Waals surface area contributed by atoms with Crippen molar-refractivity contribution in [3.05, 3.63) is 24.3 Å². The van der Waals surface area contributed by atoms with Gasteiger partial charge in [0.2, 0.25) is 0 Å². The molecular weight excluding hydrogens is 398 g/mol. The Morgan fingerprint density at radius 1 is 1.31 bits per heavy atom. The zero-order valence-corrected chi connectivity index (χ0v) is 10.7. The highest BCUT2D eigenvalue weighted by Gasteiger charge is 2.22. The number of phenols is 1. The minimum Gasteiger partial charge on any atom is -0.508 e. The number of halogens is 2. The standard InChI is InChI=1S/C8H6I2O3/c9-8(10,5-11)13-7-3-1-6(12)2-4-7/h1-5,12H. The van der Waals surface area contributed by atoms with Crippen LogP contribution in [0, 0.1) is 0 Å². The normalized spacial score (nSPS) is 10.9. The van der Waals surface area contributed by atoms with Crippen LogP contribution in [0.3, 0.4) is 0 Å². The molecule has 0 fully saturated rings. The van der Waals surface area contributed by atoms with Crippen molar-refractivity contribution < 1.29 is 14.6 Å². The average Bonchev–Trinajstić information content (AvgIpc) is 2.09. The van der Waals surface area contributed by atoms with Crippen molar-refractivity contribution in [3.8, 4) is 11.5 Å². The highest BCUT2D eigenvalue weighted by molar-refractivity contribution is 14.2. The largest absolute Gasteiger partial charge is 0.508 e. The van der Waals surface area contributed by atoms with Gasteiger partial charge in [0.15, 0.2) is 6.29 Å². The molecule has 1 rings (SSSR count). The van der Waals surface area contributed by atoms with Crippen molar-refractivity contribution in [2.45, 2.75) is 1.61 Å². The van der Waals surface area contributed by atoms with E-state index in [1.54, 1.807) is 12.1 Å². The number of hydrogen-bond acceptors (Lipinski definition) is 3. The van der Waals surface area contributed by atoms with Crippen LogP contribution in [0.25, 0.3) is 0 Å². The van der Waals surface area contributed by atoms with Crippen molar-refractivity contribution >= 4 is 51.5 Å². The summed E-state index contributed by atoms with van der Waals surface area (Å²) in [6.07, 6.45) is 0.709. The summed E-state index contributed by atoms with van der Waals surface area (Å²) in [5.74, 6) is 0.722. The number of aromatic hydroxyl groups is 1. The van der Waals surface area contributed by atoms with E-state index in [1.807, 2.05) is 45.2 Å². The van der Waals surface area contributed by atoms with Crippen LogP contribution in [0.1, 0.15) is 0 Å². The Morgan fingerprint density at radius 2 is 1.85 bits per heavy atom. The molecule has 0 heterocycles. The second-order valence-electron chi connectivity index (χ2n) is 2.28. The van der Waals surface area contributed by atoms with Crippen molar-refractivity contribution in [2.24, 2.45) is 0 Å². The van der Waals surface area contributed by atoms with Crippen molar-refractivity contribution in [3.63, 3.8) is 0 Å². The van der Waals surface area contributed by atoms with Gasteiger partial charge in [0.25, 0.3) is 1.61 Å². The lowest BCUT2D eigenvalue weighted by Gasteiger charge is -2.15. The second-order valence-corrected chi connectivity index (χ2v) is 7.54. The highest BCUT2D eigenvalue weighted by atomic mass is 127. The molecule has 5 heteroatoms. The third-order valence-electron chi connectivity index (χ3n) is 1.23. The van der Waals surface area contributed by atoms with Crippen LogP contribution in [0.4, 0.5) is 0 Å². The summed E-state index contributed by atoms with van der Waals surface area (Å²) < 4.78 is 4.42. The van der Waals surface area contributed by atoms with Gasteiger partial charge in [-0.25, -0.2) is 0 Å². The van der Waals surface area contributed by atoms with Gasteiger partial charge in [-0.05, 0) is 69.4 Å². The Bertz CT molecular complexity index is 295. The fraction of sp³-hybridized carbons (Fsp3) is 0.125. The van der Waals surface area contributed by atoms with E-state index in [1.165, 1.54) is 12.1 Å². The Kier molecular flexibility index (Phi) is 3.77. The van der Waals surface area contributed by atoms with Gasteiger partial charge in [-0.3, -0.25) is 4.79 Å². The lowest BCUT2D eigenvalue weighted by molar-refractivity contribution is -0.110. The van der Waals surface area contributed by atoms with E-state index in [-0.39, 0.29) is 5.75 Å². The molecular formula is C8H6I2O3. The predicted octanol–water partition coefficient (Wildman–Crippen LogP) is 2.49. The number of aldehydes is 1. The maximum Gasteiger partial charge on any atom is 0.263 e. The van der Waals surface area contributed by atoms with Gasteiger partial charge in [0, 0.05) is 0 Å². The van der Waals surface area contributed by atoms with E-state index < -0.39 is 1.61 Å². The third kappa shape index (κ3) is 3.67. The van der Waals surface area contributed by atoms with Gasteiger partial charge >= 0.3 is 0 Å². The minimum atomic E-state index is -0.882. The van der Waals surface area contributed by atoms with Crippen LogP contribution in [-0.2, 0) is 4.79 Å². The zero-order chi connectivity index (χ0) is 9.90. The second kappa shape index (κ2) is 4.45. The summed E-state index contributed by atoms with van der Waals surface area (Å²) in [7, 11) is 0. The molecule has 0 aliphatic heterocycles. The van der Waals surface area contributed by atoms with Crippen LogP contribution in [0.2, 0.25) is 0 Å². The molecule has 1 aromatic rings. The molecule has 0 radical (unpaired) electrons. The van der Waals surface area contributed by atoms with Crippen LogP contribution >= 0.6 is 45.2 Å². The summed E-state index contributed by atoms with van der Waals surface area (Å²) in [5, 5.41) is 8.98. The minimum absolute atomic E-state index is 0.172. The molecule has 0 amide bonds. The zero-order valence-electron chi connectivity index (χ0n) is 6.41. The summed E-state index contributed by atoms with van der Waals surface area (Å²) in [5.41, 5.74) is 0. The van der Waals surface area contributed by atoms with Gasteiger partial charge in [-0.15, -0.1) is 0 Å². The fourth-order valence-electron chi connectivity index (χ4n) is 0.695. The van der Waals surface area contributed by atoms with Crippen molar-refractivity contribution in [1.29, 1.82) is 0 Å². The quantitative estimate of drug-likeness (QED) is 0.479. The number of carbonyl (C=O) groups excluding carboxylic acids is 1. The Morgan fingerprint density at radius 3 is 2.31 bits per heavy atom. The first-order valence-electron chi connectivity index (χ1n) is 3.36. The first kappa shape index (κ1) is 11.0. The van der Waals surface area contributed by atoms with Crippen LogP contribution in [0.15, 0.2) is 24.3 Å². The number of carbonyl (C=O) groups is 1. The smallest absolute Gasteiger partial charge is 0.263 e. The first-order chi connectivity index (χ1) is 6.03. The number of alkyl halides is 2. The van der Waals surface area contributed by atoms with E-state index in [4.69, 9.17) is 9.84 Å². The molecule has 0 aliphatic carbocycles. The summed E-state index contributed by atoms with van der Waals surface area (Å²) in [4.78, 5) is 10.5. The van der Waals surface area contributed by atoms with Gasteiger partial charge in [-0.1, -0.05) is 0 Å². The molecule has 0 saturated carbocycles. The average molecular weight is 404 g/mol. The number of phenolic OH excluding ortho intramolecular Hbond substituents is 1. The number of ether oxygens (including phenoxy) is 1. The summed E-state index contributed by atoms with van der Waals surface area (Å²) in [6, 6.07) is 6.21. The van der Waals surface area contributed by atoms with Crippen LogP contribution < -0.4 is 4.74 Å². The van der Waals surface area contributed by atoms with Crippen LogP contribution in [-0.4, -0.2) is 13.0 Å². The lowest BCUT2D eigenvalue weighted by Crippen LogP contribution is -2.21. The molecule has 3 nitrogen and oxygen atoms in total. The predicted molar refractivity (Wildman–Crippen MR) is 65.6 cm³/mol. The Balaban J connectivity index is 2.75. The number of benzene rings is 1. The van der Waals surface area contributed by atoms with Gasteiger partial charge in [0.1, 0.15) is 11.5 Å². The van der Waals surface area contributed by atoms with Gasteiger partial charge in [-0.2, -0.15) is 0 Å². The van der Waals surface area contributed by atoms with E-state index in [9.17, 15) is 4.79 Å². The van der Waals surface area contributed by atoms with E-state index >= 15 is 0 Å². The number of hydrogen-bond donors (Lipinski definition) is 1. The van der Waals surface area contributed by atoms with Gasteiger partial charge in [0.05, 0.1) is 0 Å². The first-order valence-corrected chi connectivity index (χ1v) is 5.51. The SMILES string of the molecule is O=CC(I)(I)Oc1ccc(O)cc1. The van der Waals surface area contributed by atoms with Crippen molar-refractivity contribution in [2.75, 3.05) is 0 Å². The van der Waals surface area contributed by atoms with Gasteiger partial charge < -0.3 is 9.84 Å². The molecule has 0 atom stereocenters. The van der Waals surface area contributed by atoms with Crippen LogP contribution in [0.5, 0.6) is 11.5 Å². The molecule has 70 valence electrons. The molecule has 1 N–H and O–H groups in total. The summed E-state index contributed by atoms with van der Waals surface area (Å²) >= 11 is 3.77. The van der Waals surface area contributed by atoms with E-state index in [0.29, 0.717) is 12.0 Å². The molecule has 1 aromatic carbocycles. The molecule has 0 bridgehead atoms. The molecule has 0 unspecified atom stereocenters.